The average Bonchev–Trinajstić information content (AvgIpc) is 2.22. The van der Waals surface area contributed by atoms with Crippen LogP contribution in [0.3, 0.4) is 0 Å². The number of carboxylic acid groups (broad SMARTS) is 1. The molecule has 0 radical (unpaired) electrons. The van der Waals surface area contributed by atoms with Gasteiger partial charge >= 0.3 is 11.9 Å². The Labute approximate surface area is 99.6 Å². The first kappa shape index (κ1) is 15.2. The minimum Gasteiger partial charge on any atom is -0.481 e. The molecule has 17 heavy (non-hydrogen) atoms. The number of carboxylic acids is 1. The maximum absolute atomic E-state index is 11.1. The molecule has 6 heteroatoms. The summed E-state index contributed by atoms with van der Waals surface area (Å²) in [5, 5.41) is 10.9. The van der Waals surface area contributed by atoms with Crippen LogP contribution in [0.15, 0.2) is 12.2 Å². The van der Waals surface area contributed by atoms with E-state index in [0.717, 1.165) is 0 Å². The first-order valence-corrected chi connectivity index (χ1v) is 5.18. The van der Waals surface area contributed by atoms with E-state index in [9.17, 15) is 14.4 Å². The molecular weight excluding hydrogens is 226 g/mol. The number of ether oxygens (including phenoxy) is 1. The molecule has 0 spiro atoms. The molecule has 0 saturated heterocycles. The fourth-order valence-corrected chi connectivity index (χ4v) is 0.921. The number of esters is 1. The van der Waals surface area contributed by atoms with Gasteiger partial charge in [-0.25, -0.2) is 0 Å². The average molecular weight is 243 g/mol. The Balaban J connectivity index is 3.82. The third-order valence-corrected chi connectivity index (χ3v) is 1.81. The van der Waals surface area contributed by atoms with Gasteiger partial charge in [-0.1, -0.05) is 6.58 Å². The van der Waals surface area contributed by atoms with E-state index in [2.05, 4.69) is 11.9 Å². The number of hydrogen-bond donors (Lipinski definition) is 2. The van der Waals surface area contributed by atoms with Crippen molar-refractivity contribution in [2.24, 2.45) is 0 Å². The fraction of sp³-hybridized carbons (Fsp3) is 0.545. The predicted octanol–water partition coefficient (Wildman–Crippen LogP) is 0.475. The maximum atomic E-state index is 11.1. The van der Waals surface area contributed by atoms with Gasteiger partial charge in [0.1, 0.15) is 6.10 Å². The first-order chi connectivity index (χ1) is 7.82. The van der Waals surface area contributed by atoms with Crippen LogP contribution in [0.2, 0.25) is 0 Å². The van der Waals surface area contributed by atoms with Crippen molar-refractivity contribution in [3.05, 3.63) is 12.2 Å². The predicted molar refractivity (Wildman–Crippen MR) is 60.2 cm³/mol. The van der Waals surface area contributed by atoms with E-state index in [-0.39, 0.29) is 25.3 Å². The van der Waals surface area contributed by atoms with E-state index >= 15 is 0 Å². The number of hydrogen-bond acceptors (Lipinski definition) is 4. The molecule has 6 nitrogen and oxygen atoms in total. The highest BCUT2D eigenvalue weighted by Gasteiger charge is 2.12. The second-order valence-electron chi connectivity index (χ2n) is 3.68. The number of amides is 1. The van der Waals surface area contributed by atoms with Crippen LogP contribution in [-0.2, 0) is 19.1 Å². The lowest BCUT2D eigenvalue weighted by molar-refractivity contribution is -0.151. The van der Waals surface area contributed by atoms with E-state index in [1.54, 1.807) is 13.8 Å². The molecule has 0 aliphatic rings. The van der Waals surface area contributed by atoms with Crippen LogP contribution in [0.4, 0.5) is 0 Å². The summed E-state index contributed by atoms with van der Waals surface area (Å²) in [5.41, 5.74) is 0.370. The molecule has 0 bridgehead atoms. The Morgan fingerprint density at radius 3 is 2.41 bits per heavy atom. The maximum Gasteiger partial charge on any atom is 0.306 e. The van der Waals surface area contributed by atoms with E-state index in [4.69, 9.17) is 9.84 Å². The minimum absolute atomic E-state index is 0.171. The molecule has 0 aromatic heterocycles. The minimum atomic E-state index is -1.05. The van der Waals surface area contributed by atoms with Gasteiger partial charge in [-0.2, -0.15) is 0 Å². The standard InChI is InChI=1S/C11H17NO5/c1-7(2)11(16)12-6-8(3)17-10(15)5-4-9(13)14/h8H,1,4-6H2,2-3H3,(H,12,16)(H,13,14). The number of nitrogens with one attached hydrogen (secondary N) is 1. The van der Waals surface area contributed by atoms with E-state index in [1.807, 2.05) is 0 Å². The van der Waals surface area contributed by atoms with Crippen molar-refractivity contribution < 1.29 is 24.2 Å². The molecule has 1 atom stereocenters. The second kappa shape index (κ2) is 7.43. The molecular formula is C11H17NO5. The van der Waals surface area contributed by atoms with Crippen molar-refractivity contribution in [3.63, 3.8) is 0 Å². The fourth-order valence-electron chi connectivity index (χ4n) is 0.921. The van der Waals surface area contributed by atoms with Crippen molar-refractivity contribution >= 4 is 17.8 Å². The highest BCUT2D eigenvalue weighted by Crippen LogP contribution is 1.98. The van der Waals surface area contributed by atoms with Crippen LogP contribution in [-0.4, -0.2) is 35.6 Å². The van der Waals surface area contributed by atoms with Crippen LogP contribution in [0.25, 0.3) is 0 Å². The molecule has 1 unspecified atom stereocenters. The summed E-state index contributed by atoms with van der Waals surface area (Å²) < 4.78 is 4.88. The Kier molecular flexibility index (Phi) is 6.62. The van der Waals surface area contributed by atoms with Crippen LogP contribution in [0, 0.1) is 0 Å². The lowest BCUT2D eigenvalue weighted by atomic mass is 10.3. The molecule has 0 aliphatic heterocycles. The van der Waals surface area contributed by atoms with E-state index in [0.29, 0.717) is 5.57 Å². The third kappa shape index (κ3) is 8.01. The molecule has 1 amide bonds. The second-order valence-corrected chi connectivity index (χ2v) is 3.68. The highest BCUT2D eigenvalue weighted by atomic mass is 16.5. The number of aliphatic carboxylic acids is 1. The lowest BCUT2D eigenvalue weighted by Gasteiger charge is -2.13. The Bertz CT molecular complexity index is 324. The summed E-state index contributed by atoms with van der Waals surface area (Å²) in [5.74, 6) is -1.95. The van der Waals surface area contributed by atoms with Crippen LogP contribution < -0.4 is 5.32 Å². The Morgan fingerprint density at radius 2 is 1.94 bits per heavy atom. The molecule has 0 fully saturated rings. The molecule has 0 saturated carbocycles. The quantitative estimate of drug-likeness (QED) is 0.501. The van der Waals surface area contributed by atoms with Crippen molar-refractivity contribution in [3.8, 4) is 0 Å². The Morgan fingerprint density at radius 1 is 1.35 bits per heavy atom. The largest absolute Gasteiger partial charge is 0.481 e. The van der Waals surface area contributed by atoms with Gasteiger partial charge in [-0.05, 0) is 13.8 Å². The molecule has 2 N–H and O–H groups in total. The smallest absolute Gasteiger partial charge is 0.306 e. The summed E-state index contributed by atoms with van der Waals surface area (Å²) in [6, 6.07) is 0. The van der Waals surface area contributed by atoms with Crippen molar-refractivity contribution in [1.29, 1.82) is 0 Å². The lowest BCUT2D eigenvalue weighted by Crippen LogP contribution is -2.33. The van der Waals surface area contributed by atoms with Crippen LogP contribution >= 0.6 is 0 Å². The topological polar surface area (TPSA) is 92.7 Å². The van der Waals surface area contributed by atoms with E-state index in [1.165, 1.54) is 0 Å². The normalized spacial score (nSPS) is 11.4. The van der Waals surface area contributed by atoms with Gasteiger partial charge in [0.15, 0.2) is 0 Å². The van der Waals surface area contributed by atoms with Gasteiger partial charge in [-0.3, -0.25) is 14.4 Å². The van der Waals surface area contributed by atoms with Crippen LogP contribution in [0.5, 0.6) is 0 Å². The molecule has 0 aliphatic carbocycles. The van der Waals surface area contributed by atoms with E-state index < -0.39 is 18.0 Å². The number of rotatable bonds is 7. The summed E-state index contributed by atoms with van der Waals surface area (Å²) in [6.45, 7) is 6.81. The molecule has 0 heterocycles. The van der Waals surface area contributed by atoms with Crippen molar-refractivity contribution in [2.45, 2.75) is 32.8 Å². The van der Waals surface area contributed by atoms with Gasteiger partial charge in [0.05, 0.1) is 19.4 Å². The van der Waals surface area contributed by atoms with Gasteiger partial charge in [0.25, 0.3) is 0 Å². The molecule has 0 aromatic rings. The zero-order valence-corrected chi connectivity index (χ0v) is 9.99. The van der Waals surface area contributed by atoms with Crippen molar-refractivity contribution in [2.75, 3.05) is 6.54 Å². The van der Waals surface area contributed by atoms with Crippen LogP contribution in [0.1, 0.15) is 26.7 Å². The molecule has 0 aromatic carbocycles. The summed E-state index contributed by atoms with van der Waals surface area (Å²) >= 11 is 0. The van der Waals surface area contributed by atoms with Crippen molar-refractivity contribution in [1.82, 2.24) is 5.32 Å². The van der Waals surface area contributed by atoms with Gasteiger partial charge < -0.3 is 15.2 Å². The monoisotopic (exact) mass is 243 g/mol. The summed E-state index contributed by atoms with van der Waals surface area (Å²) in [6.07, 6.45) is -0.933. The number of carbonyl (C=O) groups excluding carboxylic acids is 2. The molecule has 96 valence electrons. The molecule has 0 rings (SSSR count). The highest BCUT2D eigenvalue weighted by molar-refractivity contribution is 5.92. The summed E-state index contributed by atoms with van der Waals surface area (Å²) in [7, 11) is 0. The zero-order chi connectivity index (χ0) is 13.4. The Hall–Kier alpha value is -1.85. The van der Waals surface area contributed by atoms with Gasteiger partial charge in [-0.15, -0.1) is 0 Å². The summed E-state index contributed by atoms with van der Waals surface area (Å²) in [4.78, 5) is 32.4. The van der Waals surface area contributed by atoms with Gasteiger partial charge in [0.2, 0.25) is 5.91 Å². The number of carbonyl (C=O) groups is 3. The first-order valence-electron chi connectivity index (χ1n) is 5.18. The SMILES string of the molecule is C=C(C)C(=O)NCC(C)OC(=O)CCC(=O)O. The zero-order valence-electron chi connectivity index (χ0n) is 9.99. The third-order valence-electron chi connectivity index (χ3n) is 1.81. The van der Waals surface area contributed by atoms with Gasteiger partial charge in [0, 0.05) is 5.57 Å².